The Morgan fingerprint density at radius 2 is 2.04 bits per heavy atom. The number of fused-ring (bicyclic) bond motifs is 1. The minimum absolute atomic E-state index is 0.0764. The monoisotopic (exact) mass is 399 g/mol. The average molecular weight is 400 g/mol. The van der Waals surface area contributed by atoms with Crippen LogP contribution in [0.3, 0.4) is 0 Å². The molecule has 0 unspecified atom stereocenters. The number of likely N-dealkylation sites (tertiary alicyclic amines) is 1. The number of nitrogens with zero attached hydrogens (tertiary/aromatic N) is 2. The highest BCUT2D eigenvalue weighted by molar-refractivity contribution is 7.98. The van der Waals surface area contributed by atoms with Crippen molar-refractivity contribution in [2.75, 3.05) is 32.5 Å². The summed E-state index contributed by atoms with van der Waals surface area (Å²) in [6, 6.07) is 8.53. The van der Waals surface area contributed by atoms with E-state index in [0.717, 1.165) is 73.2 Å². The maximum Gasteiger partial charge on any atom is 0.255 e. The Kier molecular flexibility index (Phi) is 6.37. The summed E-state index contributed by atoms with van der Waals surface area (Å²) in [4.78, 5) is 22.5. The molecule has 1 aromatic heterocycles. The quantitative estimate of drug-likeness (QED) is 0.807. The lowest BCUT2D eigenvalue weighted by atomic mass is 9.89. The molecule has 1 fully saturated rings. The molecule has 0 atom stereocenters. The number of hydrogen-bond donors (Lipinski definition) is 1. The second kappa shape index (κ2) is 9.14. The van der Waals surface area contributed by atoms with Crippen molar-refractivity contribution in [1.29, 1.82) is 0 Å². The summed E-state index contributed by atoms with van der Waals surface area (Å²) >= 11 is 1.82. The lowest BCUT2D eigenvalue weighted by Crippen LogP contribution is -2.34. The highest BCUT2D eigenvalue weighted by Gasteiger charge is 2.21. The molecule has 1 saturated heterocycles. The highest BCUT2D eigenvalue weighted by Crippen LogP contribution is 2.29. The summed E-state index contributed by atoms with van der Waals surface area (Å²) in [5.41, 5.74) is 3.42. The van der Waals surface area contributed by atoms with E-state index in [1.54, 1.807) is 7.11 Å². The van der Waals surface area contributed by atoms with Crippen LogP contribution in [0.15, 0.2) is 29.1 Å². The molecule has 1 N–H and O–H groups in total. The van der Waals surface area contributed by atoms with Gasteiger partial charge in [-0.1, -0.05) is 12.1 Å². The molecule has 0 bridgehead atoms. The van der Waals surface area contributed by atoms with Gasteiger partial charge in [0.15, 0.2) is 0 Å². The topological polar surface area (TPSA) is 58.2 Å². The molecule has 2 aromatic rings. The molecule has 6 heteroatoms. The van der Waals surface area contributed by atoms with Crippen molar-refractivity contribution in [2.24, 2.45) is 0 Å². The summed E-state index contributed by atoms with van der Waals surface area (Å²) < 4.78 is 5.26. The van der Waals surface area contributed by atoms with Gasteiger partial charge in [-0.05, 0) is 74.7 Å². The van der Waals surface area contributed by atoms with Gasteiger partial charge in [0.1, 0.15) is 11.6 Å². The fourth-order valence-electron chi connectivity index (χ4n) is 4.25. The highest BCUT2D eigenvalue weighted by atomic mass is 32.2. The third-order valence-corrected chi connectivity index (χ3v) is 6.93. The number of benzene rings is 1. The minimum Gasteiger partial charge on any atom is -0.497 e. The van der Waals surface area contributed by atoms with E-state index in [0.29, 0.717) is 5.92 Å². The van der Waals surface area contributed by atoms with Gasteiger partial charge in [-0.25, -0.2) is 4.98 Å². The SMILES string of the molecule is COc1ccc(C2CCN(CCCc3nc4c(c(=O)[nH]3)CSCC4)CC2)cc1. The van der Waals surface area contributed by atoms with Crippen molar-refractivity contribution >= 4 is 11.8 Å². The van der Waals surface area contributed by atoms with Crippen LogP contribution in [0.2, 0.25) is 0 Å². The Balaban J connectivity index is 1.24. The number of piperidine rings is 1. The fraction of sp³-hybridized carbons (Fsp3) is 0.545. The summed E-state index contributed by atoms with van der Waals surface area (Å²) in [5, 5.41) is 0. The van der Waals surface area contributed by atoms with Crippen molar-refractivity contribution in [3.63, 3.8) is 0 Å². The molecule has 0 radical (unpaired) electrons. The molecule has 5 nitrogen and oxygen atoms in total. The van der Waals surface area contributed by atoms with Gasteiger partial charge in [0.2, 0.25) is 0 Å². The van der Waals surface area contributed by atoms with Gasteiger partial charge in [0.05, 0.1) is 12.8 Å². The fourth-order valence-corrected chi connectivity index (χ4v) is 5.23. The number of ether oxygens (including phenoxy) is 1. The number of aromatic nitrogens is 2. The first-order chi connectivity index (χ1) is 13.7. The van der Waals surface area contributed by atoms with E-state index in [-0.39, 0.29) is 5.56 Å². The van der Waals surface area contributed by atoms with Crippen molar-refractivity contribution in [1.82, 2.24) is 14.9 Å². The Bertz CT molecular complexity index is 842. The molecule has 0 amide bonds. The molecule has 3 heterocycles. The number of nitrogens with one attached hydrogen (secondary N) is 1. The predicted octanol–water partition coefficient (Wildman–Crippen LogP) is 3.38. The van der Waals surface area contributed by atoms with Crippen LogP contribution >= 0.6 is 11.8 Å². The molecule has 2 aliphatic rings. The molecule has 28 heavy (non-hydrogen) atoms. The Hall–Kier alpha value is -1.79. The van der Waals surface area contributed by atoms with Crippen LogP contribution < -0.4 is 10.3 Å². The molecule has 4 rings (SSSR count). The first kappa shape index (κ1) is 19.5. The Morgan fingerprint density at radius 1 is 1.25 bits per heavy atom. The number of methoxy groups -OCH3 is 1. The predicted molar refractivity (Wildman–Crippen MR) is 114 cm³/mol. The van der Waals surface area contributed by atoms with Gasteiger partial charge in [0.25, 0.3) is 5.56 Å². The minimum atomic E-state index is 0.0764. The van der Waals surface area contributed by atoms with E-state index < -0.39 is 0 Å². The van der Waals surface area contributed by atoms with E-state index in [9.17, 15) is 4.79 Å². The number of aromatic amines is 1. The van der Waals surface area contributed by atoms with Crippen molar-refractivity contribution < 1.29 is 4.74 Å². The van der Waals surface area contributed by atoms with E-state index >= 15 is 0 Å². The van der Waals surface area contributed by atoms with Gasteiger partial charge in [-0.15, -0.1) is 0 Å². The molecular weight excluding hydrogens is 370 g/mol. The Morgan fingerprint density at radius 3 is 2.79 bits per heavy atom. The van der Waals surface area contributed by atoms with Crippen LogP contribution in [0, 0.1) is 0 Å². The zero-order chi connectivity index (χ0) is 19.3. The number of thioether (sulfide) groups is 1. The summed E-state index contributed by atoms with van der Waals surface area (Å²) in [6.45, 7) is 3.36. The van der Waals surface area contributed by atoms with Crippen LogP contribution in [0.4, 0.5) is 0 Å². The van der Waals surface area contributed by atoms with E-state index in [2.05, 4.69) is 34.1 Å². The number of aryl methyl sites for hydroxylation is 2. The maximum atomic E-state index is 12.2. The zero-order valence-corrected chi connectivity index (χ0v) is 17.4. The van der Waals surface area contributed by atoms with Crippen molar-refractivity contribution in [3.05, 3.63) is 57.3 Å². The second-order valence-corrected chi connectivity index (χ2v) is 8.84. The van der Waals surface area contributed by atoms with Gasteiger partial charge < -0.3 is 14.6 Å². The first-order valence-corrected chi connectivity index (χ1v) is 11.4. The summed E-state index contributed by atoms with van der Waals surface area (Å²) in [5.74, 6) is 4.32. The van der Waals surface area contributed by atoms with E-state index in [1.165, 1.54) is 18.4 Å². The third kappa shape index (κ3) is 4.61. The van der Waals surface area contributed by atoms with Crippen LogP contribution in [0.1, 0.15) is 47.8 Å². The van der Waals surface area contributed by atoms with Gasteiger partial charge >= 0.3 is 0 Å². The lowest BCUT2D eigenvalue weighted by molar-refractivity contribution is 0.210. The molecule has 0 aliphatic carbocycles. The Labute approximate surface area is 170 Å². The average Bonchev–Trinajstić information content (AvgIpc) is 2.74. The zero-order valence-electron chi connectivity index (χ0n) is 16.6. The number of rotatable bonds is 6. The molecule has 2 aliphatic heterocycles. The molecule has 150 valence electrons. The molecule has 1 aromatic carbocycles. The second-order valence-electron chi connectivity index (χ2n) is 7.73. The standard InChI is InChI=1S/C22H29N3O2S/c1-27-18-6-4-16(5-7-18)17-8-12-25(13-9-17)11-2-3-21-23-20-10-14-28-15-19(20)22(26)24-21/h4-7,17H,2-3,8-15H2,1H3,(H,23,24,26). The molecule has 0 saturated carbocycles. The summed E-state index contributed by atoms with van der Waals surface area (Å²) in [6.07, 6.45) is 5.24. The van der Waals surface area contributed by atoms with Gasteiger partial charge in [0, 0.05) is 17.7 Å². The molecule has 0 spiro atoms. The number of hydrogen-bond acceptors (Lipinski definition) is 5. The van der Waals surface area contributed by atoms with Crippen LogP contribution in [-0.4, -0.2) is 47.4 Å². The largest absolute Gasteiger partial charge is 0.497 e. The summed E-state index contributed by atoms with van der Waals surface area (Å²) in [7, 11) is 1.71. The van der Waals surface area contributed by atoms with Gasteiger partial charge in [-0.2, -0.15) is 11.8 Å². The van der Waals surface area contributed by atoms with Crippen molar-refractivity contribution in [3.8, 4) is 5.75 Å². The van der Waals surface area contributed by atoms with Crippen LogP contribution in [0.5, 0.6) is 5.75 Å². The normalized spacial score (nSPS) is 18.0. The van der Waals surface area contributed by atoms with Crippen molar-refractivity contribution in [2.45, 2.75) is 43.8 Å². The van der Waals surface area contributed by atoms with Gasteiger partial charge in [-0.3, -0.25) is 4.79 Å². The molecular formula is C22H29N3O2S. The first-order valence-electron chi connectivity index (χ1n) is 10.3. The van der Waals surface area contributed by atoms with E-state index in [1.807, 2.05) is 11.8 Å². The van der Waals surface area contributed by atoms with Crippen LogP contribution in [0.25, 0.3) is 0 Å². The van der Waals surface area contributed by atoms with Crippen LogP contribution in [-0.2, 0) is 18.6 Å². The van der Waals surface area contributed by atoms with E-state index in [4.69, 9.17) is 9.72 Å². The smallest absolute Gasteiger partial charge is 0.255 e. The third-order valence-electron chi connectivity index (χ3n) is 5.94. The maximum absolute atomic E-state index is 12.2. The number of H-pyrrole nitrogens is 1. The lowest BCUT2D eigenvalue weighted by Gasteiger charge is -2.32.